The first-order valence-corrected chi connectivity index (χ1v) is 5.49. The van der Waals surface area contributed by atoms with Gasteiger partial charge in [0.05, 0.1) is 24.2 Å². The van der Waals surface area contributed by atoms with Gasteiger partial charge in [0.2, 0.25) is 0 Å². The van der Waals surface area contributed by atoms with Crippen molar-refractivity contribution in [2.24, 2.45) is 5.73 Å². The van der Waals surface area contributed by atoms with Crippen molar-refractivity contribution < 1.29 is 9.15 Å². The number of hydrogen-bond donors (Lipinski definition) is 1. The molecule has 0 saturated carbocycles. The van der Waals surface area contributed by atoms with E-state index in [-0.39, 0.29) is 11.6 Å². The molecular weight excluding hydrogens is 204 g/mol. The maximum atomic E-state index is 5.87. The molecule has 0 fully saturated rings. The summed E-state index contributed by atoms with van der Waals surface area (Å²) in [5, 5.41) is 0. The second-order valence-electron chi connectivity index (χ2n) is 4.43. The van der Waals surface area contributed by atoms with Crippen molar-refractivity contribution in [3.05, 3.63) is 24.2 Å². The summed E-state index contributed by atoms with van der Waals surface area (Å²) in [5.74, 6) is 0. The fourth-order valence-corrected chi connectivity index (χ4v) is 1.72. The molecule has 1 aromatic heterocycles. The number of furan rings is 1. The highest BCUT2D eigenvalue weighted by Gasteiger charge is 2.34. The van der Waals surface area contributed by atoms with Crippen LogP contribution >= 0.6 is 0 Å². The maximum absolute atomic E-state index is 5.87. The Balaban J connectivity index is 2.72. The first kappa shape index (κ1) is 13.2. The zero-order chi connectivity index (χ0) is 12.2. The van der Waals surface area contributed by atoms with Gasteiger partial charge in [-0.05, 0) is 27.0 Å². The van der Waals surface area contributed by atoms with Crippen LogP contribution in [0.5, 0.6) is 0 Å². The first-order valence-electron chi connectivity index (χ1n) is 5.49. The smallest absolute Gasteiger partial charge is 0.0947 e. The molecule has 92 valence electrons. The SMILES string of the molecule is COC(C)C(C)(CN)N(C)Cc1ccoc1. The lowest BCUT2D eigenvalue weighted by atomic mass is 9.93. The third kappa shape index (κ3) is 2.64. The Morgan fingerprint density at radius 1 is 1.62 bits per heavy atom. The normalized spacial score (nSPS) is 17.4. The zero-order valence-electron chi connectivity index (χ0n) is 10.6. The lowest BCUT2D eigenvalue weighted by molar-refractivity contribution is -0.0230. The predicted molar refractivity (Wildman–Crippen MR) is 64.1 cm³/mol. The van der Waals surface area contributed by atoms with Gasteiger partial charge in [-0.25, -0.2) is 0 Å². The van der Waals surface area contributed by atoms with Crippen molar-refractivity contribution in [1.29, 1.82) is 0 Å². The van der Waals surface area contributed by atoms with E-state index in [0.29, 0.717) is 6.54 Å². The molecule has 2 unspecified atom stereocenters. The van der Waals surface area contributed by atoms with Gasteiger partial charge in [0.1, 0.15) is 0 Å². The summed E-state index contributed by atoms with van der Waals surface area (Å²) in [4.78, 5) is 2.20. The topological polar surface area (TPSA) is 51.6 Å². The summed E-state index contributed by atoms with van der Waals surface area (Å²) in [6, 6.07) is 1.96. The third-order valence-electron chi connectivity index (χ3n) is 3.51. The minimum atomic E-state index is -0.175. The number of nitrogens with zero attached hydrogens (tertiary/aromatic N) is 1. The van der Waals surface area contributed by atoms with E-state index in [1.54, 1.807) is 19.6 Å². The average molecular weight is 226 g/mol. The monoisotopic (exact) mass is 226 g/mol. The standard InChI is InChI=1S/C12H22N2O2/c1-10(15-4)12(2,9-13)14(3)7-11-5-6-16-8-11/h5-6,8,10H,7,9,13H2,1-4H3. The van der Waals surface area contributed by atoms with Gasteiger partial charge in [-0.1, -0.05) is 0 Å². The molecule has 0 aliphatic carbocycles. The lowest BCUT2D eigenvalue weighted by Crippen LogP contribution is -2.56. The second-order valence-corrected chi connectivity index (χ2v) is 4.43. The average Bonchev–Trinajstić information content (AvgIpc) is 2.79. The molecule has 0 saturated heterocycles. The summed E-state index contributed by atoms with van der Waals surface area (Å²) < 4.78 is 10.5. The van der Waals surface area contributed by atoms with Crippen molar-refractivity contribution in [3.8, 4) is 0 Å². The molecule has 1 heterocycles. The Morgan fingerprint density at radius 2 is 2.31 bits per heavy atom. The van der Waals surface area contributed by atoms with Crippen LogP contribution in [0, 0.1) is 0 Å². The van der Waals surface area contributed by atoms with Gasteiger partial charge in [-0.15, -0.1) is 0 Å². The summed E-state index contributed by atoms with van der Waals surface area (Å²) in [6.45, 7) is 5.51. The third-order valence-corrected chi connectivity index (χ3v) is 3.51. The van der Waals surface area contributed by atoms with E-state index in [4.69, 9.17) is 14.9 Å². The summed E-state index contributed by atoms with van der Waals surface area (Å²) in [5.41, 5.74) is 6.84. The number of ether oxygens (including phenoxy) is 1. The maximum Gasteiger partial charge on any atom is 0.0947 e. The Morgan fingerprint density at radius 3 is 2.75 bits per heavy atom. The van der Waals surface area contributed by atoms with Crippen molar-refractivity contribution in [3.63, 3.8) is 0 Å². The number of methoxy groups -OCH3 is 1. The van der Waals surface area contributed by atoms with E-state index in [1.165, 1.54) is 0 Å². The van der Waals surface area contributed by atoms with Gasteiger partial charge in [-0.2, -0.15) is 0 Å². The van der Waals surface area contributed by atoms with Gasteiger partial charge in [0.15, 0.2) is 0 Å². The second kappa shape index (κ2) is 5.48. The van der Waals surface area contributed by atoms with Crippen molar-refractivity contribution >= 4 is 0 Å². The van der Waals surface area contributed by atoms with Crippen LogP contribution in [-0.2, 0) is 11.3 Å². The number of nitrogens with two attached hydrogens (primary N) is 1. The van der Waals surface area contributed by atoms with Gasteiger partial charge in [0, 0.05) is 25.8 Å². The van der Waals surface area contributed by atoms with Gasteiger partial charge < -0.3 is 14.9 Å². The molecule has 0 aromatic carbocycles. The summed E-state index contributed by atoms with van der Waals surface area (Å²) >= 11 is 0. The predicted octanol–water partition coefficient (Wildman–Crippen LogP) is 1.46. The van der Waals surface area contributed by atoms with Crippen molar-refractivity contribution in [2.45, 2.75) is 32.0 Å². The quantitative estimate of drug-likeness (QED) is 0.798. The summed E-state index contributed by atoms with van der Waals surface area (Å²) in [7, 11) is 3.76. The van der Waals surface area contributed by atoms with E-state index >= 15 is 0 Å². The van der Waals surface area contributed by atoms with Crippen molar-refractivity contribution in [2.75, 3.05) is 20.7 Å². The Kier molecular flexibility index (Phi) is 4.53. The molecule has 1 rings (SSSR count). The molecule has 16 heavy (non-hydrogen) atoms. The lowest BCUT2D eigenvalue weighted by Gasteiger charge is -2.41. The first-order chi connectivity index (χ1) is 7.54. The van der Waals surface area contributed by atoms with Crippen LogP contribution in [-0.4, -0.2) is 37.2 Å². The molecule has 0 amide bonds. The molecule has 0 bridgehead atoms. The molecule has 2 N–H and O–H groups in total. The highest BCUT2D eigenvalue weighted by atomic mass is 16.5. The van der Waals surface area contributed by atoms with E-state index < -0.39 is 0 Å². The molecule has 0 spiro atoms. The highest BCUT2D eigenvalue weighted by molar-refractivity contribution is 5.06. The van der Waals surface area contributed by atoms with Crippen LogP contribution in [0.3, 0.4) is 0 Å². The van der Waals surface area contributed by atoms with Crippen LogP contribution in [0.15, 0.2) is 23.0 Å². The van der Waals surface area contributed by atoms with E-state index in [9.17, 15) is 0 Å². The molecule has 2 atom stereocenters. The van der Waals surface area contributed by atoms with Crippen LogP contribution < -0.4 is 5.73 Å². The number of likely N-dealkylation sites (N-methyl/N-ethyl adjacent to an activating group) is 1. The Labute approximate surface area is 97.4 Å². The molecule has 0 radical (unpaired) electrons. The van der Waals surface area contributed by atoms with Crippen LogP contribution in [0.25, 0.3) is 0 Å². The fourth-order valence-electron chi connectivity index (χ4n) is 1.72. The Hall–Kier alpha value is -0.840. The molecule has 0 aliphatic rings. The molecule has 1 aromatic rings. The largest absolute Gasteiger partial charge is 0.472 e. The van der Waals surface area contributed by atoms with Crippen LogP contribution in [0.1, 0.15) is 19.4 Å². The van der Waals surface area contributed by atoms with Gasteiger partial charge >= 0.3 is 0 Å². The highest BCUT2D eigenvalue weighted by Crippen LogP contribution is 2.21. The van der Waals surface area contributed by atoms with Crippen molar-refractivity contribution in [1.82, 2.24) is 4.90 Å². The minimum absolute atomic E-state index is 0.0781. The van der Waals surface area contributed by atoms with Gasteiger partial charge in [0.25, 0.3) is 0 Å². The Bertz CT molecular complexity index is 300. The number of hydrogen-bond acceptors (Lipinski definition) is 4. The molecular formula is C12H22N2O2. The zero-order valence-corrected chi connectivity index (χ0v) is 10.6. The van der Waals surface area contributed by atoms with Crippen LogP contribution in [0.4, 0.5) is 0 Å². The van der Waals surface area contributed by atoms with E-state index in [2.05, 4.69) is 18.9 Å². The minimum Gasteiger partial charge on any atom is -0.472 e. The fraction of sp³-hybridized carbons (Fsp3) is 0.667. The van der Waals surface area contributed by atoms with Gasteiger partial charge in [-0.3, -0.25) is 4.90 Å². The number of rotatable bonds is 6. The molecule has 0 aliphatic heterocycles. The van der Waals surface area contributed by atoms with E-state index in [0.717, 1.165) is 12.1 Å². The van der Waals surface area contributed by atoms with E-state index in [1.807, 2.05) is 13.0 Å². The van der Waals surface area contributed by atoms with Crippen LogP contribution in [0.2, 0.25) is 0 Å². The molecule has 4 heteroatoms. The molecule has 4 nitrogen and oxygen atoms in total. The summed E-state index contributed by atoms with van der Waals surface area (Å²) in [6.07, 6.45) is 3.52.